The molecule has 0 radical (unpaired) electrons. The van der Waals surface area contributed by atoms with Crippen LogP contribution in [0.5, 0.6) is 0 Å². The van der Waals surface area contributed by atoms with Gasteiger partial charge in [0.05, 0.1) is 6.26 Å². The summed E-state index contributed by atoms with van der Waals surface area (Å²) in [6.45, 7) is 2.53. The van der Waals surface area contributed by atoms with Crippen LogP contribution in [0.1, 0.15) is 44.9 Å². The summed E-state index contributed by atoms with van der Waals surface area (Å²) < 4.78 is 24.8. The molecule has 5 heteroatoms. The van der Waals surface area contributed by atoms with Crippen molar-refractivity contribution in [2.75, 3.05) is 25.9 Å². The molecule has 0 spiro atoms. The summed E-state index contributed by atoms with van der Waals surface area (Å²) in [5.41, 5.74) is 0. The van der Waals surface area contributed by atoms with Gasteiger partial charge in [-0.05, 0) is 74.7 Å². The Morgan fingerprint density at radius 3 is 2.45 bits per heavy atom. The molecule has 4 nitrogen and oxygen atoms in total. The first-order valence-electron chi connectivity index (χ1n) is 9.21. The summed E-state index contributed by atoms with van der Waals surface area (Å²) in [4.78, 5) is 0. The predicted molar refractivity (Wildman–Crippen MR) is 88.0 cm³/mol. The fraction of sp³-hybridized carbons (Fsp3) is 1.00. The van der Waals surface area contributed by atoms with Gasteiger partial charge in [-0.25, -0.2) is 12.7 Å². The molecule has 5 atom stereocenters. The lowest BCUT2D eigenvalue weighted by Gasteiger charge is -2.35. The lowest BCUT2D eigenvalue weighted by Crippen LogP contribution is -2.44. The molecule has 126 valence electrons. The van der Waals surface area contributed by atoms with Crippen molar-refractivity contribution >= 4 is 10.0 Å². The standard InChI is InChI=1S/C17H30N2O2S/c1-22(20,21)19-7-5-12(6-8-19)11-18-17-10-13-9-16(17)15-4-2-3-14(13)15/h12-18H,2-11H2,1H3/t13-,14+,15+,16+,17-/m1/s1. The van der Waals surface area contributed by atoms with Crippen LogP contribution in [-0.2, 0) is 10.0 Å². The molecule has 1 saturated heterocycles. The average Bonchev–Trinajstić information content (AvgIpc) is 3.17. The largest absolute Gasteiger partial charge is 0.313 e. The van der Waals surface area contributed by atoms with Crippen LogP contribution >= 0.6 is 0 Å². The van der Waals surface area contributed by atoms with Crippen LogP contribution in [0.3, 0.4) is 0 Å². The van der Waals surface area contributed by atoms with Crippen LogP contribution < -0.4 is 5.32 Å². The van der Waals surface area contributed by atoms with Gasteiger partial charge in [-0.15, -0.1) is 0 Å². The van der Waals surface area contributed by atoms with Gasteiger partial charge in [0.15, 0.2) is 0 Å². The number of nitrogens with one attached hydrogen (secondary N) is 1. The molecule has 0 aromatic heterocycles. The van der Waals surface area contributed by atoms with Crippen molar-refractivity contribution in [3.8, 4) is 0 Å². The van der Waals surface area contributed by atoms with Gasteiger partial charge in [0.1, 0.15) is 0 Å². The van der Waals surface area contributed by atoms with Crippen LogP contribution in [0.25, 0.3) is 0 Å². The molecular weight excluding hydrogens is 296 g/mol. The van der Waals surface area contributed by atoms with Gasteiger partial charge in [0, 0.05) is 19.1 Å². The van der Waals surface area contributed by atoms with Gasteiger partial charge >= 0.3 is 0 Å². The van der Waals surface area contributed by atoms with E-state index in [1.165, 1.54) is 38.4 Å². The maximum atomic E-state index is 11.6. The monoisotopic (exact) mass is 326 g/mol. The number of hydrogen-bond acceptors (Lipinski definition) is 3. The summed E-state index contributed by atoms with van der Waals surface area (Å²) in [6, 6.07) is 0.761. The number of fused-ring (bicyclic) bond motifs is 5. The zero-order chi connectivity index (χ0) is 15.3. The second-order valence-electron chi connectivity index (χ2n) is 8.27. The molecule has 3 aliphatic carbocycles. The topological polar surface area (TPSA) is 49.4 Å². The Morgan fingerprint density at radius 2 is 1.73 bits per heavy atom. The molecule has 2 bridgehead atoms. The first kappa shape index (κ1) is 15.4. The van der Waals surface area contributed by atoms with E-state index in [1.807, 2.05) is 0 Å². The molecule has 1 heterocycles. The van der Waals surface area contributed by atoms with Gasteiger partial charge < -0.3 is 5.32 Å². The van der Waals surface area contributed by atoms with Crippen LogP contribution in [0.4, 0.5) is 0 Å². The van der Waals surface area contributed by atoms with Crippen molar-refractivity contribution < 1.29 is 8.42 Å². The highest BCUT2D eigenvalue weighted by molar-refractivity contribution is 7.88. The smallest absolute Gasteiger partial charge is 0.211 e. The van der Waals surface area contributed by atoms with Crippen molar-refractivity contribution in [2.45, 2.75) is 51.0 Å². The van der Waals surface area contributed by atoms with Crippen LogP contribution in [0.15, 0.2) is 0 Å². The second kappa shape index (κ2) is 5.75. The number of piperidine rings is 1. The number of sulfonamides is 1. The number of rotatable bonds is 4. The normalized spacial score (nSPS) is 42.9. The molecule has 4 fully saturated rings. The Kier molecular flexibility index (Phi) is 4.02. The molecule has 1 N–H and O–H groups in total. The third kappa shape index (κ3) is 2.73. The lowest BCUT2D eigenvalue weighted by molar-refractivity contribution is 0.193. The molecule has 3 saturated carbocycles. The van der Waals surface area contributed by atoms with E-state index in [1.54, 1.807) is 4.31 Å². The highest BCUT2D eigenvalue weighted by Gasteiger charge is 2.53. The van der Waals surface area contributed by atoms with Crippen molar-refractivity contribution in [1.29, 1.82) is 0 Å². The first-order valence-corrected chi connectivity index (χ1v) is 11.1. The Hall–Kier alpha value is -0.130. The quantitative estimate of drug-likeness (QED) is 0.860. The van der Waals surface area contributed by atoms with E-state index < -0.39 is 10.0 Å². The van der Waals surface area contributed by atoms with E-state index >= 15 is 0 Å². The molecule has 0 amide bonds. The molecule has 1 aliphatic heterocycles. The zero-order valence-corrected chi connectivity index (χ0v) is 14.5. The number of nitrogens with zero attached hydrogens (tertiary/aromatic N) is 1. The average molecular weight is 327 g/mol. The van der Waals surface area contributed by atoms with E-state index in [0.717, 1.165) is 49.1 Å². The molecule has 0 unspecified atom stereocenters. The second-order valence-corrected chi connectivity index (χ2v) is 10.3. The summed E-state index contributed by atoms with van der Waals surface area (Å²) in [5.74, 6) is 4.73. The fourth-order valence-corrected chi connectivity index (χ4v) is 6.94. The molecule has 4 rings (SSSR count). The van der Waals surface area contributed by atoms with Crippen molar-refractivity contribution in [1.82, 2.24) is 9.62 Å². The van der Waals surface area contributed by atoms with Gasteiger partial charge in [0.2, 0.25) is 10.0 Å². The summed E-state index contributed by atoms with van der Waals surface area (Å²) in [7, 11) is -2.98. The van der Waals surface area contributed by atoms with Crippen molar-refractivity contribution in [3.05, 3.63) is 0 Å². The molecule has 22 heavy (non-hydrogen) atoms. The van der Waals surface area contributed by atoms with Crippen LogP contribution in [0, 0.1) is 29.6 Å². The Labute approximate surface area is 135 Å². The third-order valence-corrected chi connectivity index (χ3v) is 8.44. The van der Waals surface area contributed by atoms with Crippen molar-refractivity contribution in [3.63, 3.8) is 0 Å². The SMILES string of the molecule is CS(=O)(=O)N1CCC(CN[C@@H]2C[C@H]3C[C@H]2[C@H]2CCC[C@@H]32)CC1. The molecule has 0 aromatic rings. The van der Waals surface area contributed by atoms with Gasteiger partial charge in [-0.1, -0.05) is 6.42 Å². The maximum Gasteiger partial charge on any atom is 0.211 e. The number of hydrogen-bond donors (Lipinski definition) is 1. The van der Waals surface area contributed by atoms with E-state index in [2.05, 4.69) is 5.32 Å². The van der Waals surface area contributed by atoms with E-state index in [9.17, 15) is 8.42 Å². The zero-order valence-electron chi connectivity index (χ0n) is 13.7. The highest BCUT2D eigenvalue weighted by atomic mass is 32.2. The van der Waals surface area contributed by atoms with E-state index in [-0.39, 0.29) is 0 Å². The summed E-state index contributed by atoms with van der Waals surface area (Å²) in [5, 5.41) is 3.88. The minimum absolute atomic E-state index is 0.663. The summed E-state index contributed by atoms with van der Waals surface area (Å²) in [6.07, 6.45) is 10.7. The van der Waals surface area contributed by atoms with Crippen LogP contribution in [0.2, 0.25) is 0 Å². The van der Waals surface area contributed by atoms with Gasteiger partial charge in [-0.3, -0.25) is 0 Å². The van der Waals surface area contributed by atoms with Gasteiger partial charge in [-0.2, -0.15) is 0 Å². The van der Waals surface area contributed by atoms with Gasteiger partial charge in [0.25, 0.3) is 0 Å². The highest BCUT2D eigenvalue weighted by Crippen LogP contribution is 2.58. The Morgan fingerprint density at radius 1 is 1.00 bits per heavy atom. The van der Waals surface area contributed by atoms with Crippen LogP contribution in [-0.4, -0.2) is 44.7 Å². The van der Waals surface area contributed by atoms with E-state index in [4.69, 9.17) is 0 Å². The Balaban J connectivity index is 1.25. The molecular formula is C17H30N2O2S. The first-order chi connectivity index (χ1) is 10.5. The third-order valence-electron chi connectivity index (χ3n) is 7.14. The minimum atomic E-state index is -2.98. The van der Waals surface area contributed by atoms with E-state index in [0.29, 0.717) is 19.0 Å². The Bertz CT molecular complexity index is 513. The fourth-order valence-electron chi connectivity index (χ4n) is 6.07. The predicted octanol–water partition coefficient (Wildman–Crippen LogP) is 2.07. The molecule has 4 aliphatic rings. The lowest BCUT2D eigenvalue weighted by atomic mass is 9.79. The molecule has 0 aromatic carbocycles. The summed E-state index contributed by atoms with van der Waals surface area (Å²) >= 11 is 0. The van der Waals surface area contributed by atoms with Crippen molar-refractivity contribution in [2.24, 2.45) is 29.6 Å². The maximum absolute atomic E-state index is 11.6. The minimum Gasteiger partial charge on any atom is -0.313 e.